The number of rotatable bonds is 10. The summed E-state index contributed by atoms with van der Waals surface area (Å²) in [5.74, 6) is -3.05. The average Bonchev–Trinajstić information content (AvgIpc) is 2.84. The highest BCUT2D eigenvalue weighted by Crippen LogP contribution is 2.44. The first-order valence-electron chi connectivity index (χ1n) is 11.3. The van der Waals surface area contributed by atoms with Gasteiger partial charge in [-0.05, 0) is 29.7 Å². The van der Waals surface area contributed by atoms with E-state index in [2.05, 4.69) is 5.32 Å². The number of halogens is 3. The molecule has 3 rings (SSSR count). The molecule has 0 radical (unpaired) electrons. The largest absolute Gasteiger partial charge is 0.493 e. The van der Waals surface area contributed by atoms with Crippen LogP contribution in [0.15, 0.2) is 66.7 Å². The van der Waals surface area contributed by atoms with E-state index in [9.17, 15) is 22.8 Å². The monoisotopic (exact) mass is 516 g/mol. The van der Waals surface area contributed by atoms with Crippen molar-refractivity contribution in [3.8, 4) is 22.6 Å². The molecule has 0 heterocycles. The number of carboxylic acid groups (broad SMARTS) is 1. The van der Waals surface area contributed by atoms with Gasteiger partial charge in [0.15, 0.2) is 11.5 Å². The van der Waals surface area contributed by atoms with Gasteiger partial charge in [0.25, 0.3) is 0 Å². The zero-order chi connectivity index (χ0) is 27.2. The standard InChI is InChI=1S/C27H27F3N2O5/c1-26(31,16-23(33)34)25(35)32-20-14-21(27(28,29)30)24(22(15-20)36-2)37-13-12-17-8-10-19(11-9-17)18-6-4-3-5-7-18/h3-11,14-15H,12-13,16,31H2,1-2H3,(H,32,35)(H,33,34)/t26-/m0/s1. The molecule has 10 heteroatoms. The lowest BCUT2D eigenvalue weighted by atomic mass is 9.98. The van der Waals surface area contributed by atoms with E-state index >= 15 is 0 Å². The zero-order valence-electron chi connectivity index (χ0n) is 20.3. The molecule has 4 N–H and O–H groups in total. The van der Waals surface area contributed by atoms with Crippen LogP contribution in [0.5, 0.6) is 11.5 Å². The van der Waals surface area contributed by atoms with Crippen LogP contribution in [0.3, 0.4) is 0 Å². The summed E-state index contributed by atoms with van der Waals surface area (Å²) in [7, 11) is 1.17. The summed E-state index contributed by atoms with van der Waals surface area (Å²) >= 11 is 0. The highest BCUT2D eigenvalue weighted by molar-refractivity contribution is 6.00. The Kier molecular flexibility index (Phi) is 8.44. The van der Waals surface area contributed by atoms with Crippen molar-refractivity contribution < 1.29 is 37.3 Å². The van der Waals surface area contributed by atoms with Crippen molar-refractivity contribution in [3.05, 3.63) is 77.9 Å². The van der Waals surface area contributed by atoms with Crippen molar-refractivity contribution >= 4 is 17.6 Å². The lowest BCUT2D eigenvalue weighted by Gasteiger charge is -2.23. The van der Waals surface area contributed by atoms with Crippen LogP contribution in [-0.2, 0) is 22.2 Å². The van der Waals surface area contributed by atoms with Crippen LogP contribution < -0.4 is 20.5 Å². The number of carbonyl (C=O) groups is 2. The van der Waals surface area contributed by atoms with Crippen LogP contribution in [0.2, 0.25) is 0 Å². The minimum Gasteiger partial charge on any atom is -0.493 e. The number of anilines is 1. The molecule has 7 nitrogen and oxygen atoms in total. The number of hydrogen-bond acceptors (Lipinski definition) is 5. The fourth-order valence-corrected chi connectivity index (χ4v) is 3.62. The first-order valence-corrected chi connectivity index (χ1v) is 11.3. The number of methoxy groups -OCH3 is 1. The van der Waals surface area contributed by atoms with Gasteiger partial charge in [-0.3, -0.25) is 9.59 Å². The summed E-state index contributed by atoms with van der Waals surface area (Å²) in [5, 5.41) is 11.2. The second-order valence-corrected chi connectivity index (χ2v) is 8.66. The van der Waals surface area contributed by atoms with E-state index in [4.69, 9.17) is 20.3 Å². The molecule has 0 bridgehead atoms. The number of ether oxygens (including phenoxy) is 2. The Morgan fingerprint density at radius 2 is 1.62 bits per heavy atom. The molecule has 1 amide bonds. The maximum absolute atomic E-state index is 13.9. The molecule has 3 aromatic carbocycles. The molecule has 0 unspecified atom stereocenters. The maximum Gasteiger partial charge on any atom is 0.420 e. The molecule has 0 saturated heterocycles. The second-order valence-electron chi connectivity index (χ2n) is 8.66. The number of carbonyl (C=O) groups excluding carboxylic acids is 1. The molecule has 0 aromatic heterocycles. The van der Waals surface area contributed by atoms with Crippen molar-refractivity contribution in [3.63, 3.8) is 0 Å². The van der Waals surface area contributed by atoms with Crippen LogP contribution in [0.1, 0.15) is 24.5 Å². The Bertz CT molecular complexity index is 1240. The second kappa shape index (κ2) is 11.3. The van der Waals surface area contributed by atoms with Crippen LogP contribution in [0, 0.1) is 0 Å². The highest BCUT2D eigenvalue weighted by atomic mass is 19.4. The van der Waals surface area contributed by atoms with E-state index in [1.165, 1.54) is 14.0 Å². The fourth-order valence-electron chi connectivity index (χ4n) is 3.62. The van der Waals surface area contributed by atoms with Gasteiger partial charge in [-0.1, -0.05) is 54.6 Å². The Balaban J connectivity index is 1.77. The zero-order valence-corrected chi connectivity index (χ0v) is 20.3. The number of aliphatic carboxylic acids is 1. The van der Waals surface area contributed by atoms with Crippen LogP contribution in [0.4, 0.5) is 18.9 Å². The van der Waals surface area contributed by atoms with Crippen molar-refractivity contribution in [2.24, 2.45) is 5.73 Å². The molecule has 0 saturated carbocycles. The Morgan fingerprint density at radius 1 is 1.00 bits per heavy atom. The van der Waals surface area contributed by atoms with Crippen LogP contribution in [-0.4, -0.2) is 36.2 Å². The summed E-state index contributed by atoms with van der Waals surface area (Å²) < 4.78 is 52.3. The van der Waals surface area contributed by atoms with E-state index in [-0.39, 0.29) is 18.0 Å². The molecule has 0 aliphatic rings. The topological polar surface area (TPSA) is 111 Å². The SMILES string of the molecule is COc1cc(NC(=O)[C@@](C)(N)CC(=O)O)cc(C(F)(F)F)c1OCCc1ccc(-c2ccccc2)cc1. The van der Waals surface area contributed by atoms with E-state index in [0.29, 0.717) is 12.5 Å². The summed E-state index contributed by atoms with van der Waals surface area (Å²) in [6.45, 7) is 1.11. The molecular formula is C27H27F3N2O5. The number of amides is 1. The van der Waals surface area contributed by atoms with E-state index in [1.807, 2.05) is 54.6 Å². The van der Waals surface area contributed by atoms with Gasteiger partial charge in [-0.2, -0.15) is 13.2 Å². The molecule has 0 fully saturated rings. The molecule has 1 atom stereocenters. The number of alkyl halides is 3. The number of hydrogen-bond donors (Lipinski definition) is 3. The summed E-state index contributed by atoms with van der Waals surface area (Å²) in [6, 6.07) is 19.2. The first-order chi connectivity index (χ1) is 17.4. The molecule has 0 spiro atoms. The van der Waals surface area contributed by atoms with E-state index < -0.39 is 41.3 Å². The molecule has 37 heavy (non-hydrogen) atoms. The fraction of sp³-hybridized carbons (Fsp3) is 0.259. The van der Waals surface area contributed by atoms with Crippen molar-refractivity contribution in [1.82, 2.24) is 0 Å². The summed E-state index contributed by atoms with van der Waals surface area (Å²) in [6.07, 6.45) is -5.20. The molecular weight excluding hydrogens is 489 g/mol. The minimum atomic E-state index is -4.83. The highest BCUT2D eigenvalue weighted by Gasteiger charge is 2.38. The van der Waals surface area contributed by atoms with Crippen LogP contribution >= 0.6 is 0 Å². The molecule has 196 valence electrons. The number of carboxylic acids is 1. The number of benzene rings is 3. The van der Waals surface area contributed by atoms with Gasteiger partial charge in [-0.15, -0.1) is 0 Å². The van der Waals surface area contributed by atoms with Crippen molar-refractivity contribution in [2.75, 3.05) is 19.0 Å². The third kappa shape index (κ3) is 7.23. The molecule has 0 aliphatic carbocycles. The minimum absolute atomic E-state index is 0.0602. The third-order valence-electron chi connectivity index (χ3n) is 5.57. The smallest absolute Gasteiger partial charge is 0.420 e. The summed E-state index contributed by atoms with van der Waals surface area (Å²) in [5.41, 5.74) is 5.40. The first kappa shape index (κ1) is 27.5. The average molecular weight is 517 g/mol. The van der Waals surface area contributed by atoms with Gasteiger partial charge in [0.05, 0.1) is 20.1 Å². The predicted octanol–water partition coefficient (Wildman–Crippen LogP) is 5.13. The van der Waals surface area contributed by atoms with Crippen molar-refractivity contribution in [1.29, 1.82) is 0 Å². The van der Waals surface area contributed by atoms with Crippen LogP contribution in [0.25, 0.3) is 11.1 Å². The van der Waals surface area contributed by atoms with E-state index in [0.717, 1.165) is 22.8 Å². The Hall–Kier alpha value is -4.05. The maximum atomic E-state index is 13.9. The number of nitrogens with one attached hydrogen (secondary N) is 1. The van der Waals surface area contributed by atoms with Gasteiger partial charge in [0.2, 0.25) is 5.91 Å². The lowest BCUT2D eigenvalue weighted by Crippen LogP contribution is -2.50. The molecule has 0 aliphatic heterocycles. The lowest BCUT2D eigenvalue weighted by molar-refractivity contribution is -0.140. The van der Waals surface area contributed by atoms with Gasteiger partial charge in [0, 0.05) is 18.2 Å². The van der Waals surface area contributed by atoms with Gasteiger partial charge >= 0.3 is 12.1 Å². The Morgan fingerprint density at radius 3 is 2.19 bits per heavy atom. The van der Waals surface area contributed by atoms with Gasteiger partial charge in [-0.25, -0.2) is 0 Å². The molecule has 3 aromatic rings. The third-order valence-corrected chi connectivity index (χ3v) is 5.57. The number of nitrogens with two attached hydrogens (primary N) is 1. The van der Waals surface area contributed by atoms with Crippen molar-refractivity contribution in [2.45, 2.75) is 31.5 Å². The van der Waals surface area contributed by atoms with E-state index in [1.54, 1.807) is 0 Å². The predicted molar refractivity (Wildman–Crippen MR) is 133 cm³/mol. The van der Waals surface area contributed by atoms with Gasteiger partial charge in [0.1, 0.15) is 11.1 Å². The van der Waals surface area contributed by atoms with Gasteiger partial charge < -0.3 is 25.6 Å². The normalized spacial score (nSPS) is 12.9. The quantitative estimate of drug-likeness (QED) is 0.345. The Labute approximate surface area is 212 Å². The summed E-state index contributed by atoms with van der Waals surface area (Å²) in [4.78, 5) is 23.3.